The lowest BCUT2D eigenvalue weighted by atomic mass is 9.92. The van der Waals surface area contributed by atoms with Gasteiger partial charge in [-0.15, -0.1) is 0 Å². The minimum atomic E-state index is -0.377. The van der Waals surface area contributed by atoms with Gasteiger partial charge in [-0.3, -0.25) is 14.7 Å². The molecule has 1 aliphatic rings. The maximum Gasteiger partial charge on any atom is 0.176 e. The maximum atomic E-state index is 14.6. The van der Waals surface area contributed by atoms with E-state index in [2.05, 4.69) is 10.2 Å². The molecule has 0 spiro atoms. The van der Waals surface area contributed by atoms with Gasteiger partial charge in [0.25, 0.3) is 0 Å². The van der Waals surface area contributed by atoms with Crippen molar-refractivity contribution in [2.75, 3.05) is 0 Å². The van der Waals surface area contributed by atoms with Gasteiger partial charge in [0.2, 0.25) is 0 Å². The number of aryl methyl sites for hydroxylation is 1. The highest BCUT2D eigenvalue weighted by atomic mass is 35.5. The number of benzene rings is 2. The van der Waals surface area contributed by atoms with E-state index in [0.29, 0.717) is 38.3 Å². The molecule has 5 rings (SSSR count). The van der Waals surface area contributed by atoms with E-state index < -0.39 is 0 Å². The zero-order valence-corrected chi connectivity index (χ0v) is 18.3. The van der Waals surface area contributed by atoms with Crippen molar-refractivity contribution < 1.29 is 14.0 Å². The molecule has 1 N–H and O–H groups in total. The van der Waals surface area contributed by atoms with E-state index in [4.69, 9.17) is 11.6 Å². The Bertz CT molecular complexity index is 1510. The van der Waals surface area contributed by atoms with Gasteiger partial charge in [0.15, 0.2) is 11.6 Å². The number of carbonyl (C=O) groups is 2. The molecule has 0 aliphatic heterocycles. The summed E-state index contributed by atoms with van der Waals surface area (Å²) in [4.78, 5) is 25.7. The Kier molecular flexibility index (Phi) is 4.82. The van der Waals surface area contributed by atoms with Crippen LogP contribution in [0.5, 0.6) is 0 Å². The quantitative estimate of drug-likeness (QED) is 0.403. The van der Waals surface area contributed by atoms with Crippen molar-refractivity contribution >= 4 is 50.5 Å². The number of ketones is 2. The Labute approximate surface area is 188 Å². The van der Waals surface area contributed by atoms with Crippen LogP contribution in [0.1, 0.15) is 40.5 Å². The number of aromatic amines is 1. The molecule has 0 unspecified atom stereocenters. The van der Waals surface area contributed by atoms with E-state index in [1.165, 1.54) is 13.0 Å². The van der Waals surface area contributed by atoms with Crippen LogP contribution in [0.3, 0.4) is 0 Å². The van der Waals surface area contributed by atoms with Crippen molar-refractivity contribution in [3.8, 4) is 0 Å². The number of nitrogens with one attached hydrogen (secondary N) is 1. The number of rotatable bonds is 4. The molecule has 2 aromatic heterocycles. The van der Waals surface area contributed by atoms with Gasteiger partial charge in [0, 0.05) is 46.8 Å². The van der Waals surface area contributed by atoms with Crippen LogP contribution < -0.4 is 0 Å². The largest absolute Gasteiger partial charge is 0.333 e. The van der Waals surface area contributed by atoms with Crippen molar-refractivity contribution in [2.24, 2.45) is 0 Å². The smallest absolute Gasteiger partial charge is 0.176 e. The Balaban J connectivity index is 1.82. The Morgan fingerprint density at radius 2 is 2.09 bits per heavy atom. The molecule has 0 atom stereocenters. The molecule has 5 nitrogen and oxygen atoms in total. The normalized spacial score (nSPS) is 13.9. The maximum absolute atomic E-state index is 14.6. The first-order valence-electron chi connectivity index (χ1n) is 10.2. The van der Waals surface area contributed by atoms with Crippen LogP contribution in [0.25, 0.3) is 27.4 Å². The summed E-state index contributed by atoms with van der Waals surface area (Å²) in [6, 6.07) is 6.81. The van der Waals surface area contributed by atoms with Crippen LogP contribution in [0.15, 0.2) is 48.7 Å². The Morgan fingerprint density at radius 3 is 2.84 bits per heavy atom. The summed E-state index contributed by atoms with van der Waals surface area (Å²) in [6.07, 6.45) is 7.27. The first kappa shape index (κ1) is 20.4. The summed E-state index contributed by atoms with van der Waals surface area (Å²) < 4.78 is 16.4. The molecule has 7 heteroatoms. The number of H-pyrrole nitrogens is 1. The number of nitrogens with zero attached hydrogens (tertiary/aromatic N) is 2. The van der Waals surface area contributed by atoms with Gasteiger partial charge >= 0.3 is 0 Å². The van der Waals surface area contributed by atoms with Gasteiger partial charge in [-0.1, -0.05) is 29.8 Å². The fraction of sp³-hybridized carbons (Fsp3) is 0.160. The summed E-state index contributed by atoms with van der Waals surface area (Å²) >= 11 is 6.53. The molecule has 0 saturated heterocycles. The fourth-order valence-electron chi connectivity index (χ4n) is 4.35. The average Bonchev–Trinajstić information content (AvgIpc) is 3.31. The summed E-state index contributed by atoms with van der Waals surface area (Å²) in [6.45, 7) is 3.37. The van der Waals surface area contributed by atoms with E-state index >= 15 is 0 Å². The number of fused-ring (bicyclic) bond motifs is 2. The number of aromatic nitrogens is 3. The van der Waals surface area contributed by atoms with Crippen molar-refractivity contribution in [3.05, 3.63) is 81.9 Å². The van der Waals surface area contributed by atoms with Gasteiger partial charge in [-0.25, -0.2) is 4.39 Å². The zero-order chi connectivity index (χ0) is 22.6. The second-order valence-corrected chi connectivity index (χ2v) is 8.43. The van der Waals surface area contributed by atoms with Gasteiger partial charge in [-0.2, -0.15) is 5.10 Å². The monoisotopic (exact) mass is 447 g/mol. The predicted octanol–water partition coefficient (Wildman–Crippen LogP) is 5.78. The molecule has 2 heterocycles. The summed E-state index contributed by atoms with van der Waals surface area (Å²) in [5, 5.41) is 8.97. The second-order valence-electron chi connectivity index (χ2n) is 8.02. The molecule has 0 bridgehead atoms. The molecular formula is C25H19ClFN3O2. The molecule has 1 aliphatic carbocycles. The number of hydrogen-bond donors (Lipinski definition) is 1. The Morgan fingerprint density at radius 1 is 1.28 bits per heavy atom. The van der Waals surface area contributed by atoms with Gasteiger partial charge < -0.3 is 4.57 Å². The van der Waals surface area contributed by atoms with Gasteiger partial charge in [0.1, 0.15) is 5.82 Å². The third-order valence-electron chi connectivity index (χ3n) is 5.88. The fourth-order valence-corrected chi connectivity index (χ4v) is 4.57. The van der Waals surface area contributed by atoms with Crippen LogP contribution in [-0.2, 0) is 11.3 Å². The molecule has 0 saturated carbocycles. The number of hydrogen-bond acceptors (Lipinski definition) is 3. The van der Waals surface area contributed by atoms with E-state index in [1.54, 1.807) is 42.0 Å². The van der Waals surface area contributed by atoms with Crippen molar-refractivity contribution in [2.45, 2.75) is 26.8 Å². The molecule has 0 amide bonds. The summed E-state index contributed by atoms with van der Waals surface area (Å²) in [7, 11) is 0. The van der Waals surface area contributed by atoms with Crippen LogP contribution >= 0.6 is 11.6 Å². The zero-order valence-electron chi connectivity index (χ0n) is 17.5. The average molecular weight is 448 g/mol. The molecule has 160 valence electrons. The number of Topliss-reactive ketones (excluding diaryl/α,β-unsaturated/α-hetero) is 2. The van der Waals surface area contributed by atoms with Gasteiger partial charge in [0.05, 0.1) is 22.9 Å². The van der Waals surface area contributed by atoms with Gasteiger partial charge in [-0.05, 0) is 42.3 Å². The molecular weight excluding hydrogens is 429 g/mol. The topological polar surface area (TPSA) is 67.8 Å². The van der Waals surface area contributed by atoms with Crippen LogP contribution in [0.2, 0.25) is 5.02 Å². The number of allylic oxidation sites excluding steroid dienone is 4. The lowest BCUT2D eigenvalue weighted by Crippen LogP contribution is -2.12. The first-order valence-corrected chi connectivity index (χ1v) is 10.6. The SMILES string of the molecule is CC(=O)c1c(C2=CC=CCC2=O)c2cc(C)c(F)cc2n1Cc1cc2cn[nH]c2cc1Cl. The lowest BCUT2D eigenvalue weighted by molar-refractivity contribution is -0.113. The summed E-state index contributed by atoms with van der Waals surface area (Å²) in [5.74, 6) is -0.662. The predicted molar refractivity (Wildman–Crippen MR) is 124 cm³/mol. The van der Waals surface area contributed by atoms with E-state index in [-0.39, 0.29) is 30.3 Å². The van der Waals surface area contributed by atoms with Crippen molar-refractivity contribution in [1.29, 1.82) is 0 Å². The highest BCUT2D eigenvalue weighted by Crippen LogP contribution is 2.37. The third kappa shape index (κ3) is 3.19. The first-order chi connectivity index (χ1) is 15.3. The van der Waals surface area contributed by atoms with E-state index in [0.717, 1.165) is 16.5 Å². The van der Waals surface area contributed by atoms with Crippen molar-refractivity contribution in [3.63, 3.8) is 0 Å². The molecule has 0 radical (unpaired) electrons. The molecule has 2 aromatic carbocycles. The highest BCUT2D eigenvalue weighted by Gasteiger charge is 2.27. The summed E-state index contributed by atoms with van der Waals surface area (Å²) in [5.41, 5.74) is 3.92. The minimum Gasteiger partial charge on any atom is -0.333 e. The lowest BCUT2D eigenvalue weighted by Gasteiger charge is -2.13. The van der Waals surface area contributed by atoms with E-state index in [1.807, 2.05) is 12.1 Å². The molecule has 32 heavy (non-hydrogen) atoms. The third-order valence-corrected chi connectivity index (χ3v) is 6.24. The molecule has 4 aromatic rings. The highest BCUT2D eigenvalue weighted by molar-refractivity contribution is 6.32. The molecule has 0 fully saturated rings. The second kappa shape index (κ2) is 7.57. The number of halogens is 2. The van der Waals surface area contributed by atoms with Crippen LogP contribution in [0, 0.1) is 12.7 Å². The Hall–Kier alpha value is -3.51. The van der Waals surface area contributed by atoms with Crippen molar-refractivity contribution in [1.82, 2.24) is 14.8 Å². The van der Waals surface area contributed by atoms with E-state index in [9.17, 15) is 14.0 Å². The minimum absolute atomic E-state index is 0.0751. The standard InChI is InChI=1S/C25H19ClFN3O2/c1-13-7-18-22(10-20(13)27)30(12-16-8-15-11-28-29-21(15)9-19(16)26)25(14(2)31)24(18)17-5-3-4-6-23(17)32/h3-5,7-11H,6,12H2,1-2H3,(H,28,29). The van der Waals surface area contributed by atoms with Crippen LogP contribution in [0.4, 0.5) is 4.39 Å². The van der Waals surface area contributed by atoms with Crippen LogP contribution in [-0.4, -0.2) is 26.3 Å². The number of carbonyl (C=O) groups excluding carboxylic acids is 2.